The minimum absolute atomic E-state index is 0.211. The number of rotatable bonds is 8. The van der Waals surface area contributed by atoms with Gasteiger partial charge in [-0.1, -0.05) is 35.3 Å². The summed E-state index contributed by atoms with van der Waals surface area (Å²) in [5.74, 6) is 1.47. The molecule has 0 aliphatic rings. The van der Waals surface area contributed by atoms with Gasteiger partial charge in [0.05, 0.1) is 35.1 Å². The number of pyridine rings is 1. The molecule has 0 spiro atoms. The first-order valence-corrected chi connectivity index (χ1v) is 13.5. The molecule has 42 heavy (non-hydrogen) atoms. The molecule has 0 aliphatic carbocycles. The van der Waals surface area contributed by atoms with Crippen LogP contribution in [0.3, 0.4) is 0 Å². The molecular weight excluding hydrogens is 573 g/mol. The molecule has 0 bridgehead atoms. The third-order valence-corrected chi connectivity index (χ3v) is 6.99. The number of fused-ring (bicyclic) bond motifs is 1. The Morgan fingerprint density at radius 1 is 0.905 bits per heavy atom. The maximum Gasteiger partial charge on any atom is 0.250 e. The van der Waals surface area contributed by atoms with Gasteiger partial charge in [0.25, 0.3) is 5.88 Å². The zero-order valence-electron chi connectivity index (χ0n) is 22.1. The van der Waals surface area contributed by atoms with Gasteiger partial charge in [0.15, 0.2) is 16.9 Å². The Bertz CT molecular complexity index is 1900. The van der Waals surface area contributed by atoms with Gasteiger partial charge < -0.3 is 19.4 Å². The van der Waals surface area contributed by atoms with Crippen LogP contribution in [0.25, 0.3) is 22.3 Å². The van der Waals surface area contributed by atoms with Crippen molar-refractivity contribution in [1.29, 1.82) is 5.26 Å². The third kappa shape index (κ3) is 5.67. The second kappa shape index (κ2) is 11.7. The molecule has 1 N–H and O–H groups in total. The van der Waals surface area contributed by atoms with Crippen LogP contribution in [0.4, 0.5) is 11.6 Å². The first-order valence-electron chi connectivity index (χ1n) is 12.7. The van der Waals surface area contributed by atoms with Crippen molar-refractivity contribution >= 4 is 46.0 Å². The SMILES string of the molecule is COc1ccc(Cn2cnc3nc(Nc4ccc(C#N)cc4)nc(Oc4c(Cl)cc(-c5ccncc5)cc4Cl)c32)cc1. The average molecular weight is 594 g/mol. The first kappa shape index (κ1) is 27.0. The number of nitriles is 1. The molecule has 6 rings (SSSR count). The lowest BCUT2D eigenvalue weighted by Gasteiger charge is -2.14. The Balaban J connectivity index is 1.41. The van der Waals surface area contributed by atoms with Crippen LogP contribution in [0.1, 0.15) is 11.1 Å². The quantitative estimate of drug-likeness (QED) is 0.191. The van der Waals surface area contributed by atoms with Crippen molar-refractivity contribution in [3.05, 3.63) is 113 Å². The molecule has 9 nitrogen and oxygen atoms in total. The van der Waals surface area contributed by atoms with Gasteiger partial charge in [-0.25, -0.2) is 4.98 Å². The van der Waals surface area contributed by atoms with Crippen LogP contribution in [-0.4, -0.2) is 31.6 Å². The van der Waals surface area contributed by atoms with Crippen LogP contribution in [0, 0.1) is 11.3 Å². The van der Waals surface area contributed by atoms with Crippen LogP contribution in [-0.2, 0) is 6.54 Å². The van der Waals surface area contributed by atoms with Gasteiger partial charge in [-0.15, -0.1) is 0 Å². The van der Waals surface area contributed by atoms with E-state index >= 15 is 0 Å². The molecule has 0 unspecified atom stereocenters. The number of nitrogens with zero attached hydrogens (tertiary/aromatic N) is 6. The minimum atomic E-state index is 0.211. The lowest BCUT2D eigenvalue weighted by Crippen LogP contribution is -2.04. The Morgan fingerprint density at radius 2 is 1.62 bits per heavy atom. The molecule has 0 atom stereocenters. The van der Waals surface area contributed by atoms with Gasteiger partial charge in [-0.2, -0.15) is 15.2 Å². The topological polar surface area (TPSA) is 111 Å². The highest BCUT2D eigenvalue weighted by molar-refractivity contribution is 6.37. The molecule has 0 saturated carbocycles. The van der Waals surface area contributed by atoms with Gasteiger partial charge in [0.2, 0.25) is 5.95 Å². The molecule has 206 valence electrons. The van der Waals surface area contributed by atoms with Gasteiger partial charge >= 0.3 is 0 Å². The Kier molecular flexibility index (Phi) is 7.56. The van der Waals surface area contributed by atoms with Crippen LogP contribution in [0.15, 0.2) is 91.5 Å². The van der Waals surface area contributed by atoms with Crippen molar-refractivity contribution < 1.29 is 9.47 Å². The normalized spacial score (nSPS) is 10.8. The standard InChI is InChI=1S/C31H21Cl2N7O2/c1-41-24-8-4-20(5-9-24)17-40-18-36-29-27(40)30(39-31(38-29)37-23-6-2-19(16-34)3-7-23)42-28-25(32)14-22(15-26(28)33)21-10-12-35-13-11-21/h2-15,18H,17H2,1H3,(H,37,38,39). The zero-order chi connectivity index (χ0) is 29.1. The number of hydrogen-bond acceptors (Lipinski definition) is 8. The summed E-state index contributed by atoms with van der Waals surface area (Å²) < 4.78 is 13.5. The summed E-state index contributed by atoms with van der Waals surface area (Å²) in [6.45, 7) is 0.477. The van der Waals surface area contributed by atoms with Crippen molar-refractivity contribution in [2.45, 2.75) is 6.54 Å². The lowest BCUT2D eigenvalue weighted by atomic mass is 10.1. The summed E-state index contributed by atoms with van der Waals surface area (Å²) in [6.07, 6.45) is 5.08. The van der Waals surface area contributed by atoms with E-state index < -0.39 is 0 Å². The highest BCUT2D eigenvalue weighted by atomic mass is 35.5. The van der Waals surface area contributed by atoms with Crippen molar-refractivity contribution in [2.24, 2.45) is 0 Å². The molecule has 6 aromatic rings. The van der Waals surface area contributed by atoms with Gasteiger partial charge in [0.1, 0.15) is 5.75 Å². The van der Waals surface area contributed by atoms with Crippen molar-refractivity contribution in [1.82, 2.24) is 24.5 Å². The van der Waals surface area contributed by atoms with E-state index in [9.17, 15) is 0 Å². The second-order valence-electron chi connectivity index (χ2n) is 9.17. The van der Waals surface area contributed by atoms with E-state index in [4.69, 9.17) is 37.9 Å². The van der Waals surface area contributed by atoms with Crippen molar-refractivity contribution in [3.63, 3.8) is 0 Å². The molecule has 0 fully saturated rings. The Labute approximate surface area is 251 Å². The predicted octanol–water partition coefficient (Wildman–Crippen LogP) is 7.66. The second-order valence-corrected chi connectivity index (χ2v) is 9.98. The number of aromatic nitrogens is 5. The van der Waals surface area contributed by atoms with E-state index in [0.717, 1.165) is 22.4 Å². The highest BCUT2D eigenvalue weighted by Crippen LogP contribution is 2.41. The predicted molar refractivity (Wildman–Crippen MR) is 162 cm³/mol. The Hall–Kier alpha value is -5.17. The molecule has 0 amide bonds. The molecule has 0 aliphatic heterocycles. The largest absolute Gasteiger partial charge is 0.497 e. The first-order chi connectivity index (χ1) is 20.5. The Morgan fingerprint density at radius 3 is 2.29 bits per heavy atom. The van der Waals surface area contributed by atoms with E-state index in [2.05, 4.69) is 31.3 Å². The number of methoxy groups -OCH3 is 1. The number of halogens is 2. The fraction of sp³-hybridized carbons (Fsp3) is 0.0645. The number of nitrogens with one attached hydrogen (secondary N) is 1. The number of imidazole rings is 1. The zero-order valence-corrected chi connectivity index (χ0v) is 23.6. The summed E-state index contributed by atoms with van der Waals surface area (Å²) in [6, 6.07) is 24.1. The summed E-state index contributed by atoms with van der Waals surface area (Å²) in [5.41, 5.74) is 4.94. The van der Waals surface area contributed by atoms with E-state index in [-0.39, 0.29) is 17.6 Å². The molecule has 3 aromatic heterocycles. The lowest BCUT2D eigenvalue weighted by molar-refractivity contribution is 0.414. The molecule has 3 aromatic carbocycles. The molecule has 0 saturated heterocycles. The maximum absolute atomic E-state index is 9.12. The molecule has 0 radical (unpaired) electrons. The van der Waals surface area contributed by atoms with Crippen molar-refractivity contribution in [2.75, 3.05) is 12.4 Å². The fourth-order valence-electron chi connectivity index (χ4n) is 4.34. The van der Waals surface area contributed by atoms with Crippen molar-refractivity contribution in [3.8, 4) is 34.6 Å². The molecular formula is C31H21Cl2N7O2. The molecule has 3 heterocycles. The van der Waals surface area contributed by atoms with Gasteiger partial charge in [-0.3, -0.25) is 4.98 Å². The third-order valence-electron chi connectivity index (χ3n) is 6.43. The van der Waals surface area contributed by atoms with Gasteiger partial charge in [0, 0.05) is 24.6 Å². The van der Waals surface area contributed by atoms with Gasteiger partial charge in [-0.05, 0) is 77.4 Å². The van der Waals surface area contributed by atoms with E-state index in [1.54, 1.807) is 62.2 Å². The van der Waals surface area contributed by atoms with E-state index in [1.807, 2.05) is 41.0 Å². The van der Waals surface area contributed by atoms with Crippen LogP contribution < -0.4 is 14.8 Å². The molecule has 11 heteroatoms. The smallest absolute Gasteiger partial charge is 0.250 e. The summed E-state index contributed by atoms with van der Waals surface area (Å²) in [7, 11) is 1.63. The number of ether oxygens (including phenoxy) is 2. The number of anilines is 2. The number of hydrogen-bond donors (Lipinski definition) is 1. The highest BCUT2D eigenvalue weighted by Gasteiger charge is 2.20. The summed E-state index contributed by atoms with van der Waals surface area (Å²) in [5, 5.41) is 12.9. The van der Waals surface area contributed by atoms with E-state index in [1.165, 1.54) is 0 Å². The van der Waals surface area contributed by atoms with Crippen LogP contribution >= 0.6 is 23.2 Å². The van der Waals surface area contributed by atoms with Crippen LogP contribution in [0.5, 0.6) is 17.4 Å². The maximum atomic E-state index is 9.12. The number of benzene rings is 3. The summed E-state index contributed by atoms with van der Waals surface area (Å²) >= 11 is 13.4. The monoisotopic (exact) mass is 593 g/mol. The average Bonchev–Trinajstić information content (AvgIpc) is 3.42. The summed E-state index contributed by atoms with van der Waals surface area (Å²) in [4.78, 5) is 17.9. The fourth-order valence-corrected chi connectivity index (χ4v) is 4.91. The van der Waals surface area contributed by atoms with E-state index in [0.29, 0.717) is 39.0 Å². The van der Waals surface area contributed by atoms with Crippen LogP contribution in [0.2, 0.25) is 10.0 Å². The minimum Gasteiger partial charge on any atom is -0.497 e.